The van der Waals surface area contributed by atoms with Crippen LogP contribution in [0.15, 0.2) is 24.3 Å². The summed E-state index contributed by atoms with van der Waals surface area (Å²) in [5, 5.41) is 3.28. The maximum Gasteiger partial charge on any atom is 0.416 e. The van der Waals surface area contributed by atoms with Gasteiger partial charge < -0.3 is 10.2 Å². The molecular weight excluding hydrogens is 281 g/mol. The molecule has 1 N–H and O–H groups in total. The largest absolute Gasteiger partial charge is 0.416 e. The zero-order chi connectivity index (χ0) is 15.0. The Hall–Kier alpha value is -1.56. The first-order valence-electron chi connectivity index (χ1n) is 7.11. The second-order valence-electron chi connectivity index (χ2n) is 5.73. The molecule has 0 aromatic heterocycles. The summed E-state index contributed by atoms with van der Waals surface area (Å²) in [5.74, 6) is 0.535. The highest BCUT2D eigenvalue weighted by atomic mass is 19.4. The number of nitrogens with one attached hydrogen (secondary N) is 1. The topological polar surface area (TPSA) is 32.3 Å². The highest BCUT2D eigenvalue weighted by Gasteiger charge is 2.39. The van der Waals surface area contributed by atoms with E-state index in [-0.39, 0.29) is 18.4 Å². The summed E-state index contributed by atoms with van der Waals surface area (Å²) in [7, 11) is 0. The van der Waals surface area contributed by atoms with Gasteiger partial charge >= 0.3 is 6.18 Å². The molecule has 0 unspecified atom stereocenters. The van der Waals surface area contributed by atoms with Gasteiger partial charge in [-0.1, -0.05) is 12.1 Å². The van der Waals surface area contributed by atoms with Crippen LogP contribution in [0.25, 0.3) is 0 Å². The summed E-state index contributed by atoms with van der Waals surface area (Å²) in [6, 6.07) is 5.11. The lowest BCUT2D eigenvalue weighted by molar-refractivity contribution is -0.137. The second-order valence-corrected chi connectivity index (χ2v) is 5.73. The van der Waals surface area contributed by atoms with E-state index in [0.29, 0.717) is 11.5 Å². The molecule has 0 bridgehead atoms. The van der Waals surface area contributed by atoms with Crippen molar-refractivity contribution < 1.29 is 18.0 Å². The van der Waals surface area contributed by atoms with E-state index in [1.807, 2.05) is 4.90 Å². The molecular formula is C15H17F3N2O. The molecule has 3 rings (SSSR count). The van der Waals surface area contributed by atoms with Crippen LogP contribution < -0.4 is 5.32 Å². The van der Waals surface area contributed by atoms with Gasteiger partial charge in [0, 0.05) is 25.7 Å². The molecule has 2 aliphatic rings. The molecule has 2 aliphatic heterocycles. The van der Waals surface area contributed by atoms with Crippen molar-refractivity contribution in [2.45, 2.75) is 25.1 Å². The summed E-state index contributed by atoms with van der Waals surface area (Å²) in [4.78, 5) is 14.2. The molecule has 0 aliphatic carbocycles. The number of hydrogen-bond donors (Lipinski definition) is 1. The van der Waals surface area contributed by atoms with Crippen molar-refractivity contribution in [3.05, 3.63) is 35.4 Å². The monoisotopic (exact) mass is 298 g/mol. The quantitative estimate of drug-likeness (QED) is 0.906. The van der Waals surface area contributed by atoms with Crippen LogP contribution in [0.2, 0.25) is 0 Å². The summed E-state index contributed by atoms with van der Waals surface area (Å²) in [6.45, 7) is 2.54. The van der Waals surface area contributed by atoms with Crippen molar-refractivity contribution in [2.75, 3.05) is 19.6 Å². The number of rotatable bonds is 2. The first-order valence-corrected chi connectivity index (χ1v) is 7.11. The fraction of sp³-hybridized carbons (Fsp3) is 0.533. The number of fused-ring (bicyclic) bond motifs is 1. The van der Waals surface area contributed by atoms with Gasteiger partial charge in [0.15, 0.2) is 0 Å². The number of carbonyl (C=O) groups excluding carboxylic acids is 1. The molecule has 114 valence electrons. The van der Waals surface area contributed by atoms with Crippen LogP contribution in [0.1, 0.15) is 17.5 Å². The van der Waals surface area contributed by atoms with Gasteiger partial charge in [-0.05, 0) is 30.0 Å². The van der Waals surface area contributed by atoms with E-state index in [9.17, 15) is 18.0 Å². The Labute approximate surface area is 121 Å². The van der Waals surface area contributed by atoms with E-state index < -0.39 is 11.7 Å². The van der Waals surface area contributed by atoms with Gasteiger partial charge in [0.2, 0.25) is 5.91 Å². The molecule has 0 saturated carbocycles. The van der Waals surface area contributed by atoms with Crippen LogP contribution in [-0.4, -0.2) is 36.5 Å². The Bertz CT molecular complexity index is 527. The average Bonchev–Trinajstić information content (AvgIpc) is 3.00. The first-order chi connectivity index (χ1) is 9.95. The highest BCUT2D eigenvalue weighted by molar-refractivity contribution is 5.79. The third kappa shape index (κ3) is 2.90. The summed E-state index contributed by atoms with van der Waals surface area (Å²) in [6.07, 6.45) is -3.15. The number of hydrogen-bond acceptors (Lipinski definition) is 2. The van der Waals surface area contributed by atoms with E-state index in [1.54, 1.807) is 0 Å². The van der Waals surface area contributed by atoms with E-state index >= 15 is 0 Å². The van der Waals surface area contributed by atoms with Crippen LogP contribution in [0.4, 0.5) is 13.2 Å². The standard InChI is InChI=1S/C15H17F3N2O/c16-15(17,18)12-3-1-10(2-4-12)7-14(21)20-6-5-11-8-19-9-13(11)20/h1-4,11,13,19H,5-9H2/t11-,13+/m0/s1. The lowest BCUT2D eigenvalue weighted by Crippen LogP contribution is -2.39. The number of carbonyl (C=O) groups is 1. The molecule has 0 spiro atoms. The maximum absolute atomic E-state index is 12.5. The van der Waals surface area contributed by atoms with Crippen molar-refractivity contribution in [1.82, 2.24) is 10.2 Å². The van der Waals surface area contributed by atoms with E-state index in [2.05, 4.69) is 5.32 Å². The van der Waals surface area contributed by atoms with Gasteiger partial charge in [-0.3, -0.25) is 4.79 Å². The SMILES string of the molecule is O=C(Cc1ccc(C(F)(F)F)cc1)N1CC[C@H]2CNC[C@H]21. The number of alkyl halides is 3. The van der Waals surface area contributed by atoms with Gasteiger partial charge in [-0.15, -0.1) is 0 Å². The maximum atomic E-state index is 12.5. The Morgan fingerprint density at radius 1 is 1.24 bits per heavy atom. The van der Waals surface area contributed by atoms with Gasteiger partial charge in [-0.2, -0.15) is 13.2 Å². The normalized spacial score (nSPS) is 25.2. The molecule has 2 heterocycles. The minimum absolute atomic E-state index is 0.00552. The zero-order valence-corrected chi connectivity index (χ0v) is 11.5. The molecule has 0 radical (unpaired) electrons. The molecule has 1 aromatic carbocycles. The Kier molecular flexibility index (Phi) is 3.65. The van der Waals surface area contributed by atoms with Crippen LogP contribution >= 0.6 is 0 Å². The predicted molar refractivity (Wildman–Crippen MR) is 71.6 cm³/mol. The Morgan fingerprint density at radius 2 is 1.95 bits per heavy atom. The minimum Gasteiger partial charge on any atom is -0.338 e. The average molecular weight is 298 g/mol. The second kappa shape index (κ2) is 5.33. The minimum atomic E-state index is -4.33. The van der Waals surface area contributed by atoms with Gasteiger partial charge in [-0.25, -0.2) is 0 Å². The molecule has 6 heteroatoms. The summed E-state index contributed by atoms with van der Waals surface area (Å²) < 4.78 is 37.5. The van der Waals surface area contributed by atoms with Gasteiger partial charge in [0.05, 0.1) is 12.0 Å². The van der Waals surface area contributed by atoms with Crippen molar-refractivity contribution in [1.29, 1.82) is 0 Å². The Balaban J connectivity index is 1.65. The summed E-state index contributed by atoms with van der Waals surface area (Å²) >= 11 is 0. The fourth-order valence-electron chi connectivity index (χ4n) is 3.25. The molecule has 3 nitrogen and oxygen atoms in total. The number of nitrogens with zero attached hydrogens (tertiary/aromatic N) is 1. The van der Waals surface area contributed by atoms with Crippen molar-refractivity contribution in [2.24, 2.45) is 5.92 Å². The van der Waals surface area contributed by atoms with Gasteiger partial charge in [0.1, 0.15) is 0 Å². The third-order valence-corrected chi connectivity index (χ3v) is 4.40. The summed E-state index contributed by atoms with van der Waals surface area (Å²) in [5.41, 5.74) is -0.0534. The van der Waals surface area contributed by atoms with Crippen molar-refractivity contribution in [3.63, 3.8) is 0 Å². The third-order valence-electron chi connectivity index (χ3n) is 4.40. The smallest absolute Gasteiger partial charge is 0.338 e. The van der Waals surface area contributed by atoms with E-state index in [4.69, 9.17) is 0 Å². The van der Waals surface area contributed by atoms with Crippen LogP contribution in [0.5, 0.6) is 0 Å². The lowest BCUT2D eigenvalue weighted by Gasteiger charge is -2.23. The molecule has 2 fully saturated rings. The number of halogens is 3. The molecule has 2 atom stereocenters. The van der Waals surface area contributed by atoms with Crippen LogP contribution in [-0.2, 0) is 17.4 Å². The number of likely N-dealkylation sites (tertiary alicyclic amines) is 1. The number of amides is 1. The fourth-order valence-corrected chi connectivity index (χ4v) is 3.25. The van der Waals surface area contributed by atoms with Crippen LogP contribution in [0.3, 0.4) is 0 Å². The number of benzene rings is 1. The van der Waals surface area contributed by atoms with Crippen molar-refractivity contribution in [3.8, 4) is 0 Å². The Morgan fingerprint density at radius 3 is 2.62 bits per heavy atom. The van der Waals surface area contributed by atoms with Gasteiger partial charge in [0.25, 0.3) is 0 Å². The first kappa shape index (κ1) is 14.4. The zero-order valence-electron chi connectivity index (χ0n) is 11.5. The van der Waals surface area contributed by atoms with Crippen LogP contribution in [0, 0.1) is 5.92 Å². The molecule has 2 saturated heterocycles. The molecule has 1 aromatic rings. The van der Waals surface area contributed by atoms with E-state index in [1.165, 1.54) is 12.1 Å². The molecule has 21 heavy (non-hydrogen) atoms. The highest BCUT2D eigenvalue weighted by Crippen LogP contribution is 2.30. The van der Waals surface area contributed by atoms with E-state index in [0.717, 1.165) is 38.2 Å². The van der Waals surface area contributed by atoms with Crippen molar-refractivity contribution >= 4 is 5.91 Å². The lowest BCUT2D eigenvalue weighted by atomic mass is 10.0. The molecule has 1 amide bonds. The predicted octanol–water partition coefficient (Wildman–Crippen LogP) is 2.07.